The Balaban J connectivity index is 1.73. The molecular formula is C17H25N3O2. The van der Waals surface area contributed by atoms with Gasteiger partial charge in [0.25, 0.3) is 5.91 Å². The highest BCUT2D eigenvalue weighted by atomic mass is 16.5. The van der Waals surface area contributed by atoms with E-state index in [1.165, 1.54) is 6.42 Å². The number of hydrogen-bond donors (Lipinski definition) is 0. The van der Waals surface area contributed by atoms with Crippen molar-refractivity contribution < 1.29 is 9.53 Å². The summed E-state index contributed by atoms with van der Waals surface area (Å²) in [6.45, 7) is 4.98. The molecule has 3 rings (SSSR count). The first-order chi connectivity index (χ1) is 10.7. The maximum atomic E-state index is 12.6. The van der Waals surface area contributed by atoms with Crippen molar-refractivity contribution in [1.29, 1.82) is 0 Å². The van der Waals surface area contributed by atoms with Crippen molar-refractivity contribution in [2.24, 2.45) is 0 Å². The van der Waals surface area contributed by atoms with Gasteiger partial charge in [-0.25, -0.2) is 4.98 Å². The molecule has 1 atom stereocenters. The Hall–Kier alpha value is -1.46. The summed E-state index contributed by atoms with van der Waals surface area (Å²) in [5.41, 5.74) is 1.64. The maximum absolute atomic E-state index is 12.6. The van der Waals surface area contributed by atoms with E-state index in [1.54, 1.807) is 0 Å². The predicted octanol–water partition coefficient (Wildman–Crippen LogP) is 1.75. The van der Waals surface area contributed by atoms with Crippen LogP contribution in [0.2, 0.25) is 0 Å². The molecule has 0 bridgehead atoms. The summed E-state index contributed by atoms with van der Waals surface area (Å²) in [6.07, 6.45) is 3.26. The molecule has 0 radical (unpaired) electrons. The Labute approximate surface area is 132 Å². The van der Waals surface area contributed by atoms with E-state index < -0.39 is 0 Å². The van der Waals surface area contributed by atoms with E-state index in [1.807, 2.05) is 17.0 Å². The second-order valence-electron chi connectivity index (χ2n) is 6.31. The third kappa shape index (κ3) is 3.65. The van der Waals surface area contributed by atoms with E-state index in [9.17, 15) is 4.79 Å². The molecule has 1 aromatic heterocycles. The smallest absolute Gasteiger partial charge is 0.272 e. The molecule has 5 heteroatoms. The van der Waals surface area contributed by atoms with E-state index in [0.717, 1.165) is 44.8 Å². The summed E-state index contributed by atoms with van der Waals surface area (Å²) in [6, 6.07) is 5.87. The second kappa shape index (κ2) is 7.20. The first-order valence-corrected chi connectivity index (χ1v) is 8.26. The number of amides is 1. The van der Waals surface area contributed by atoms with Crippen molar-refractivity contribution in [2.45, 2.75) is 25.2 Å². The van der Waals surface area contributed by atoms with Gasteiger partial charge in [0.2, 0.25) is 0 Å². The molecule has 22 heavy (non-hydrogen) atoms. The molecule has 5 nitrogen and oxygen atoms in total. The minimum absolute atomic E-state index is 0.0384. The minimum Gasteiger partial charge on any atom is -0.380 e. The van der Waals surface area contributed by atoms with Crippen LogP contribution in [-0.2, 0) is 4.74 Å². The fraction of sp³-hybridized carbons (Fsp3) is 0.647. The topological polar surface area (TPSA) is 45.7 Å². The lowest BCUT2D eigenvalue weighted by Crippen LogP contribution is -2.34. The van der Waals surface area contributed by atoms with Gasteiger partial charge in [0, 0.05) is 37.9 Å². The zero-order valence-electron chi connectivity index (χ0n) is 13.3. The summed E-state index contributed by atoms with van der Waals surface area (Å²) in [5, 5.41) is 0. The number of ether oxygens (including phenoxy) is 1. The van der Waals surface area contributed by atoms with E-state index >= 15 is 0 Å². The van der Waals surface area contributed by atoms with Crippen LogP contribution in [0.15, 0.2) is 18.2 Å². The zero-order chi connectivity index (χ0) is 15.4. The molecule has 1 aromatic rings. The van der Waals surface area contributed by atoms with Gasteiger partial charge in [0.1, 0.15) is 5.69 Å². The van der Waals surface area contributed by atoms with Crippen molar-refractivity contribution in [1.82, 2.24) is 14.8 Å². The number of pyridine rings is 1. The number of carbonyl (C=O) groups excluding carboxylic acids is 1. The lowest BCUT2D eigenvalue weighted by molar-refractivity contribution is 0.0735. The third-order valence-electron chi connectivity index (χ3n) is 4.54. The molecule has 2 aliphatic rings. The van der Waals surface area contributed by atoms with Crippen LogP contribution in [-0.4, -0.2) is 67.1 Å². The third-order valence-corrected chi connectivity index (χ3v) is 4.54. The number of carbonyl (C=O) groups is 1. The van der Waals surface area contributed by atoms with E-state index in [2.05, 4.69) is 23.0 Å². The average molecular weight is 303 g/mol. The molecule has 2 aliphatic heterocycles. The van der Waals surface area contributed by atoms with Gasteiger partial charge in [0.15, 0.2) is 0 Å². The quantitative estimate of drug-likeness (QED) is 0.835. The van der Waals surface area contributed by atoms with Crippen molar-refractivity contribution in [3.8, 4) is 0 Å². The molecule has 3 heterocycles. The first-order valence-electron chi connectivity index (χ1n) is 8.26. The number of likely N-dealkylation sites (tertiary alicyclic amines) is 1. The summed E-state index contributed by atoms with van der Waals surface area (Å²) in [4.78, 5) is 21.5. The number of nitrogens with zero attached hydrogens (tertiary/aromatic N) is 3. The minimum atomic E-state index is 0.0384. The molecule has 0 saturated carbocycles. The van der Waals surface area contributed by atoms with Gasteiger partial charge < -0.3 is 14.5 Å². The molecular weight excluding hydrogens is 278 g/mol. The normalized spacial score (nSPS) is 24.0. The highest BCUT2D eigenvalue weighted by Gasteiger charge is 2.23. The van der Waals surface area contributed by atoms with Crippen molar-refractivity contribution in [3.05, 3.63) is 29.6 Å². The average Bonchev–Trinajstić information content (AvgIpc) is 2.83. The van der Waals surface area contributed by atoms with E-state index in [0.29, 0.717) is 24.8 Å². The molecule has 0 aromatic carbocycles. The summed E-state index contributed by atoms with van der Waals surface area (Å²) >= 11 is 0. The maximum Gasteiger partial charge on any atom is 0.272 e. The van der Waals surface area contributed by atoms with Crippen LogP contribution in [0.25, 0.3) is 0 Å². The number of piperidine rings is 1. The SMILES string of the molecule is CN1CCC[C@H](c2cccc(C(=O)N3CCCOCC3)n2)C1. The Morgan fingerprint density at radius 1 is 1.23 bits per heavy atom. The lowest BCUT2D eigenvalue weighted by Gasteiger charge is -2.29. The second-order valence-corrected chi connectivity index (χ2v) is 6.31. The summed E-state index contributed by atoms with van der Waals surface area (Å²) in [7, 11) is 2.15. The molecule has 0 unspecified atom stereocenters. The largest absolute Gasteiger partial charge is 0.380 e. The van der Waals surface area contributed by atoms with Crippen LogP contribution in [0.5, 0.6) is 0 Å². The Morgan fingerprint density at radius 2 is 2.14 bits per heavy atom. The van der Waals surface area contributed by atoms with Crippen molar-refractivity contribution >= 4 is 5.91 Å². The van der Waals surface area contributed by atoms with Gasteiger partial charge in [-0.2, -0.15) is 0 Å². The lowest BCUT2D eigenvalue weighted by atomic mass is 9.94. The highest BCUT2D eigenvalue weighted by Crippen LogP contribution is 2.25. The number of rotatable bonds is 2. The molecule has 0 spiro atoms. The van der Waals surface area contributed by atoms with Gasteiger partial charge in [-0.15, -0.1) is 0 Å². The van der Waals surface area contributed by atoms with Crippen LogP contribution < -0.4 is 0 Å². The number of aromatic nitrogens is 1. The van der Waals surface area contributed by atoms with Crippen LogP contribution in [0, 0.1) is 0 Å². The highest BCUT2D eigenvalue weighted by molar-refractivity contribution is 5.92. The van der Waals surface area contributed by atoms with Crippen LogP contribution in [0.3, 0.4) is 0 Å². The fourth-order valence-electron chi connectivity index (χ4n) is 3.32. The van der Waals surface area contributed by atoms with Crippen LogP contribution in [0.1, 0.15) is 41.4 Å². The predicted molar refractivity (Wildman–Crippen MR) is 85.0 cm³/mol. The standard InChI is InChI=1S/C17H25N3O2/c1-19-8-3-5-14(13-19)15-6-2-7-16(18-15)17(21)20-9-4-11-22-12-10-20/h2,6-7,14H,3-5,8-13H2,1H3/t14-/m0/s1. The van der Waals surface area contributed by atoms with Gasteiger partial charge in [-0.05, 0) is 45.0 Å². The van der Waals surface area contributed by atoms with Crippen LogP contribution in [0.4, 0.5) is 0 Å². The van der Waals surface area contributed by atoms with Gasteiger partial charge in [0.05, 0.1) is 6.61 Å². The van der Waals surface area contributed by atoms with E-state index in [4.69, 9.17) is 4.74 Å². The molecule has 2 fully saturated rings. The molecule has 0 N–H and O–H groups in total. The molecule has 2 saturated heterocycles. The molecule has 0 aliphatic carbocycles. The van der Waals surface area contributed by atoms with Gasteiger partial charge in [-0.1, -0.05) is 6.07 Å². The van der Waals surface area contributed by atoms with Gasteiger partial charge >= 0.3 is 0 Å². The van der Waals surface area contributed by atoms with Crippen molar-refractivity contribution in [2.75, 3.05) is 46.4 Å². The van der Waals surface area contributed by atoms with E-state index in [-0.39, 0.29) is 5.91 Å². The molecule has 120 valence electrons. The summed E-state index contributed by atoms with van der Waals surface area (Å²) in [5.74, 6) is 0.482. The fourth-order valence-corrected chi connectivity index (χ4v) is 3.32. The number of hydrogen-bond acceptors (Lipinski definition) is 4. The Morgan fingerprint density at radius 3 is 3.00 bits per heavy atom. The Kier molecular flexibility index (Phi) is 5.05. The number of likely N-dealkylation sites (N-methyl/N-ethyl adjacent to an activating group) is 1. The molecule has 1 amide bonds. The van der Waals surface area contributed by atoms with Crippen LogP contribution >= 0.6 is 0 Å². The van der Waals surface area contributed by atoms with Crippen molar-refractivity contribution in [3.63, 3.8) is 0 Å². The zero-order valence-corrected chi connectivity index (χ0v) is 13.3. The summed E-state index contributed by atoms with van der Waals surface area (Å²) < 4.78 is 5.42. The van der Waals surface area contributed by atoms with Gasteiger partial charge in [-0.3, -0.25) is 4.79 Å². The Bertz CT molecular complexity index is 512. The first kappa shape index (κ1) is 15.4. The monoisotopic (exact) mass is 303 g/mol.